The summed E-state index contributed by atoms with van der Waals surface area (Å²) >= 11 is 0. The predicted octanol–water partition coefficient (Wildman–Crippen LogP) is 3.33. The number of hydrogen-bond donors (Lipinski definition) is 1. The van der Waals surface area contributed by atoms with E-state index in [-0.39, 0.29) is 18.5 Å². The highest BCUT2D eigenvalue weighted by atomic mass is 16.2. The molecule has 1 N–H and O–H groups in total. The summed E-state index contributed by atoms with van der Waals surface area (Å²) in [5.41, 5.74) is 4.17. The SMILES string of the molecule is CC1(c2ccc3c(c2)CCC3)NC(=O)N(Cc2cnn(-c3ccccc3)c2)C1=O. The van der Waals surface area contributed by atoms with Crippen molar-refractivity contribution < 1.29 is 9.59 Å². The lowest BCUT2D eigenvalue weighted by molar-refractivity contribution is -0.131. The van der Waals surface area contributed by atoms with Gasteiger partial charge in [0.15, 0.2) is 0 Å². The third-order valence-corrected chi connectivity index (χ3v) is 5.95. The number of hydrogen-bond acceptors (Lipinski definition) is 3. The van der Waals surface area contributed by atoms with Crippen molar-refractivity contribution in [2.75, 3.05) is 0 Å². The summed E-state index contributed by atoms with van der Waals surface area (Å²) in [6.07, 6.45) is 6.81. The van der Waals surface area contributed by atoms with Crippen molar-refractivity contribution in [1.82, 2.24) is 20.0 Å². The van der Waals surface area contributed by atoms with Crippen LogP contribution in [0.5, 0.6) is 0 Å². The molecule has 1 aromatic heterocycles. The Kier molecular flexibility index (Phi) is 4.01. The largest absolute Gasteiger partial charge is 0.325 e. The van der Waals surface area contributed by atoms with Crippen molar-refractivity contribution in [1.29, 1.82) is 0 Å². The molecule has 2 aromatic carbocycles. The molecule has 0 radical (unpaired) electrons. The van der Waals surface area contributed by atoms with Gasteiger partial charge in [0.05, 0.1) is 18.4 Å². The summed E-state index contributed by atoms with van der Waals surface area (Å²) < 4.78 is 1.74. The zero-order chi connectivity index (χ0) is 20.0. The normalized spacial score (nSPS) is 20.8. The van der Waals surface area contributed by atoms with E-state index < -0.39 is 5.54 Å². The molecule has 146 valence electrons. The number of nitrogens with zero attached hydrogens (tertiary/aromatic N) is 3. The quantitative estimate of drug-likeness (QED) is 0.700. The number of imide groups is 1. The number of nitrogens with one attached hydrogen (secondary N) is 1. The molecule has 6 heteroatoms. The molecule has 1 saturated heterocycles. The number of amides is 3. The van der Waals surface area contributed by atoms with E-state index in [9.17, 15) is 9.59 Å². The van der Waals surface area contributed by atoms with Gasteiger partial charge in [-0.3, -0.25) is 9.69 Å². The summed E-state index contributed by atoms with van der Waals surface area (Å²) in [4.78, 5) is 27.2. The van der Waals surface area contributed by atoms with Gasteiger partial charge in [-0.2, -0.15) is 5.10 Å². The highest BCUT2D eigenvalue weighted by Gasteiger charge is 2.49. The number of aryl methyl sites for hydroxylation is 2. The average Bonchev–Trinajstić information content (AvgIpc) is 3.44. The molecule has 3 amide bonds. The van der Waals surface area contributed by atoms with Gasteiger partial charge < -0.3 is 5.32 Å². The number of benzene rings is 2. The Hall–Kier alpha value is -3.41. The summed E-state index contributed by atoms with van der Waals surface area (Å²) in [6, 6.07) is 15.5. The summed E-state index contributed by atoms with van der Waals surface area (Å²) in [6.45, 7) is 1.98. The minimum atomic E-state index is -1.04. The molecule has 3 aromatic rings. The molecule has 1 fully saturated rings. The van der Waals surface area contributed by atoms with Crippen LogP contribution >= 0.6 is 0 Å². The Labute approximate surface area is 169 Å². The van der Waals surface area contributed by atoms with Crippen LogP contribution < -0.4 is 5.32 Å². The first-order valence-corrected chi connectivity index (χ1v) is 9.90. The van der Waals surface area contributed by atoms with Gasteiger partial charge in [0.1, 0.15) is 5.54 Å². The van der Waals surface area contributed by atoms with Crippen molar-refractivity contribution in [3.63, 3.8) is 0 Å². The maximum absolute atomic E-state index is 13.2. The van der Waals surface area contributed by atoms with E-state index >= 15 is 0 Å². The Balaban J connectivity index is 1.39. The summed E-state index contributed by atoms with van der Waals surface area (Å²) in [5.74, 6) is -0.229. The predicted molar refractivity (Wildman–Crippen MR) is 108 cm³/mol. The van der Waals surface area contributed by atoms with E-state index in [2.05, 4.69) is 22.5 Å². The van der Waals surface area contributed by atoms with E-state index in [0.717, 1.165) is 36.1 Å². The second kappa shape index (κ2) is 6.58. The summed E-state index contributed by atoms with van der Waals surface area (Å²) in [7, 11) is 0. The van der Waals surface area contributed by atoms with E-state index in [1.165, 1.54) is 16.0 Å². The van der Waals surface area contributed by atoms with Gasteiger partial charge in [-0.25, -0.2) is 9.48 Å². The maximum Gasteiger partial charge on any atom is 0.325 e. The molecule has 5 rings (SSSR count). The first kappa shape index (κ1) is 17.7. The minimum Gasteiger partial charge on any atom is -0.319 e. The maximum atomic E-state index is 13.2. The van der Waals surface area contributed by atoms with Gasteiger partial charge in [0.2, 0.25) is 0 Å². The van der Waals surface area contributed by atoms with E-state index in [1.54, 1.807) is 17.8 Å². The van der Waals surface area contributed by atoms with E-state index in [1.807, 2.05) is 42.6 Å². The topological polar surface area (TPSA) is 67.2 Å². The number of para-hydroxylation sites is 1. The molecule has 1 aliphatic carbocycles. The highest BCUT2D eigenvalue weighted by Crippen LogP contribution is 2.33. The van der Waals surface area contributed by atoms with Crippen molar-refractivity contribution in [2.24, 2.45) is 0 Å². The number of fused-ring (bicyclic) bond motifs is 1. The number of aromatic nitrogens is 2. The molecule has 1 atom stereocenters. The highest BCUT2D eigenvalue weighted by molar-refractivity contribution is 6.07. The number of carbonyl (C=O) groups excluding carboxylic acids is 2. The molecule has 2 heterocycles. The first-order chi connectivity index (χ1) is 14.0. The standard InChI is InChI=1S/C23H22N4O2/c1-23(19-11-10-17-6-5-7-18(17)12-19)21(28)26(22(29)25-23)14-16-13-24-27(15-16)20-8-3-2-4-9-20/h2-4,8-13,15H,5-7,14H2,1H3,(H,25,29). The second-order valence-electron chi connectivity index (χ2n) is 7.91. The van der Waals surface area contributed by atoms with E-state index in [4.69, 9.17) is 0 Å². The van der Waals surface area contributed by atoms with Crippen LogP contribution in [0.1, 0.15) is 35.6 Å². The van der Waals surface area contributed by atoms with Crippen LogP contribution in [0, 0.1) is 0 Å². The summed E-state index contributed by atoms with van der Waals surface area (Å²) in [5, 5.41) is 7.27. The molecular weight excluding hydrogens is 364 g/mol. The van der Waals surface area contributed by atoms with Crippen LogP contribution in [-0.2, 0) is 29.7 Å². The molecular formula is C23H22N4O2. The Morgan fingerprint density at radius 3 is 2.69 bits per heavy atom. The molecule has 0 spiro atoms. The zero-order valence-corrected chi connectivity index (χ0v) is 16.3. The van der Waals surface area contributed by atoms with Crippen LogP contribution in [0.15, 0.2) is 60.9 Å². The number of urea groups is 1. The van der Waals surface area contributed by atoms with Crippen molar-refractivity contribution in [3.05, 3.63) is 83.2 Å². The molecule has 0 saturated carbocycles. The number of carbonyl (C=O) groups is 2. The van der Waals surface area contributed by atoms with Crippen LogP contribution in [0.2, 0.25) is 0 Å². The Morgan fingerprint density at radius 2 is 1.86 bits per heavy atom. The lowest BCUT2D eigenvalue weighted by Gasteiger charge is -2.23. The third-order valence-electron chi connectivity index (χ3n) is 5.95. The van der Waals surface area contributed by atoms with Gasteiger partial charge in [-0.05, 0) is 55.0 Å². The van der Waals surface area contributed by atoms with Gasteiger partial charge in [-0.1, -0.05) is 36.4 Å². The van der Waals surface area contributed by atoms with Crippen LogP contribution in [0.4, 0.5) is 4.79 Å². The third kappa shape index (κ3) is 2.92. The average molecular weight is 386 g/mol. The Bertz CT molecular complexity index is 1110. The van der Waals surface area contributed by atoms with Crippen LogP contribution in [0.3, 0.4) is 0 Å². The van der Waals surface area contributed by atoms with Crippen molar-refractivity contribution in [2.45, 2.75) is 38.3 Å². The zero-order valence-electron chi connectivity index (χ0n) is 16.3. The lowest BCUT2D eigenvalue weighted by atomic mass is 9.89. The molecule has 0 bridgehead atoms. The van der Waals surface area contributed by atoms with Gasteiger partial charge in [0.25, 0.3) is 5.91 Å². The van der Waals surface area contributed by atoms with Crippen molar-refractivity contribution in [3.8, 4) is 5.69 Å². The fourth-order valence-corrected chi connectivity index (χ4v) is 4.27. The van der Waals surface area contributed by atoms with Crippen molar-refractivity contribution >= 4 is 11.9 Å². The molecule has 2 aliphatic rings. The van der Waals surface area contributed by atoms with Gasteiger partial charge in [-0.15, -0.1) is 0 Å². The monoisotopic (exact) mass is 386 g/mol. The van der Waals surface area contributed by atoms with Crippen LogP contribution in [0.25, 0.3) is 5.69 Å². The van der Waals surface area contributed by atoms with Gasteiger partial charge in [0, 0.05) is 11.8 Å². The number of rotatable bonds is 4. The first-order valence-electron chi connectivity index (χ1n) is 9.90. The molecule has 6 nitrogen and oxygen atoms in total. The molecule has 29 heavy (non-hydrogen) atoms. The molecule has 1 unspecified atom stereocenters. The van der Waals surface area contributed by atoms with Crippen LogP contribution in [-0.4, -0.2) is 26.6 Å². The van der Waals surface area contributed by atoms with Gasteiger partial charge >= 0.3 is 6.03 Å². The fraction of sp³-hybridized carbons (Fsp3) is 0.261. The second-order valence-corrected chi connectivity index (χ2v) is 7.91. The van der Waals surface area contributed by atoms with E-state index in [0.29, 0.717) is 0 Å². The minimum absolute atomic E-state index is 0.192. The molecule has 1 aliphatic heterocycles. The Morgan fingerprint density at radius 1 is 1.07 bits per heavy atom. The smallest absolute Gasteiger partial charge is 0.319 e. The fourth-order valence-electron chi connectivity index (χ4n) is 4.27. The lowest BCUT2D eigenvalue weighted by Crippen LogP contribution is -2.40.